The fraction of sp³-hybridized carbons (Fsp3) is 0.625. The number of hydrogen-bond acceptors (Lipinski definition) is 1. The number of hydrogen-bond donors (Lipinski definition) is 0. The summed E-state index contributed by atoms with van der Waals surface area (Å²) in [4.78, 5) is 4.36. The second-order valence-corrected chi connectivity index (χ2v) is 4.18. The van der Waals surface area contributed by atoms with Crippen LogP contribution in [0.25, 0.3) is 0 Å². The minimum atomic E-state index is 0.756. The van der Waals surface area contributed by atoms with Gasteiger partial charge >= 0.3 is 0 Å². The van der Waals surface area contributed by atoms with Gasteiger partial charge in [-0.3, -0.25) is 0 Å². The second kappa shape index (κ2) is 3.38. The number of aryl methyl sites for hydroxylation is 1. The van der Waals surface area contributed by atoms with Crippen molar-refractivity contribution < 1.29 is 0 Å². The summed E-state index contributed by atoms with van der Waals surface area (Å²) in [5.41, 5.74) is 0. The van der Waals surface area contributed by atoms with E-state index in [0.717, 1.165) is 28.5 Å². The van der Waals surface area contributed by atoms with E-state index in [1.165, 1.54) is 19.3 Å². The summed E-state index contributed by atoms with van der Waals surface area (Å²) in [5.74, 6) is 1.13. The molecule has 0 radical (unpaired) electrons. The van der Waals surface area contributed by atoms with Crippen LogP contribution in [0.5, 0.6) is 0 Å². The van der Waals surface area contributed by atoms with Crippen LogP contribution in [0, 0.1) is 0 Å². The van der Waals surface area contributed by atoms with E-state index in [2.05, 4.69) is 25.5 Å². The topological polar surface area (TPSA) is 17.8 Å². The van der Waals surface area contributed by atoms with Crippen molar-refractivity contribution in [1.82, 2.24) is 9.55 Å². The molecule has 0 aromatic carbocycles. The number of nitrogens with zero attached hydrogens (tertiary/aromatic N) is 2. The number of aromatic nitrogens is 2. The van der Waals surface area contributed by atoms with E-state index >= 15 is 0 Å². The molecule has 2 rings (SSSR count). The van der Waals surface area contributed by atoms with Crippen molar-refractivity contribution in [3.63, 3.8) is 0 Å². The molecule has 0 N–H and O–H groups in total. The Labute approximate surface area is 85.1 Å². The molecule has 0 aliphatic carbocycles. The van der Waals surface area contributed by atoms with Crippen molar-refractivity contribution in [2.75, 3.05) is 0 Å². The zero-order chi connectivity index (χ0) is 8.55. The van der Waals surface area contributed by atoms with Gasteiger partial charge in [0.05, 0.1) is 0 Å². The normalized spacial score (nSPS) is 17.2. The quantitative estimate of drug-likeness (QED) is 0.691. The molecule has 1 aliphatic rings. The molecule has 4 heteroatoms. The molecule has 1 aliphatic heterocycles. The highest BCUT2D eigenvalue weighted by Crippen LogP contribution is 2.26. The van der Waals surface area contributed by atoms with Gasteiger partial charge in [0.2, 0.25) is 0 Å². The van der Waals surface area contributed by atoms with Crippen molar-refractivity contribution in [2.45, 2.75) is 32.2 Å². The lowest BCUT2D eigenvalue weighted by Gasteiger charge is -2.02. The summed E-state index contributed by atoms with van der Waals surface area (Å²) in [6.45, 7) is 1.02. The first-order valence-electron chi connectivity index (χ1n) is 4.19. The summed E-state index contributed by atoms with van der Waals surface area (Å²) < 4.78 is 2.90. The third-order valence-electron chi connectivity index (χ3n) is 2.23. The van der Waals surface area contributed by atoms with Crippen LogP contribution in [-0.2, 0) is 13.0 Å². The lowest BCUT2D eigenvalue weighted by molar-refractivity contribution is 0.635. The predicted octanol–water partition coefficient (Wildman–Crippen LogP) is 3.03. The fourth-order valence-electron chi connectivity index (χ4n) is 1.59. The highest BCUT2D eigenvalue weighted by atomic mass is 79.9. The average molecular weight is 250 g/mol. The molecule has 2 heterocycles. The molecule has 0 spiro atoms. The third-order valence-corrected chi connectivity index (χ3v) is 3.39. The van der Waals surface area contributed by atoms with Gasteiger partial charge in [-0.05, 0) is 28.8 Å². The van der Waals surface area contributed by atoms with Gasteiger partial charge in [-0.1, -0.05) is 18.0 Å². The van der Waals surface area contributed by atoms with Crippen LogP contribution in [0.15, 0.2) is 4.60 Å². The molecule has 66 valence electrons. The second-order valence-electron chi connectivity index (χ2n) is 3.07. The lowest BCUT2D eigenvalue weighted by Crippen LogP contribution is -2.00. The minimum Gasteiger partial charge on any atom is -0.318 e. The van der Waals surface area contributed by atoms with Crippen molar-refractivity contribution in [2.24, 2.45) is 0 Å². The Balaban J connectivity index is 2.42. The van der Waals surface area contributed by atoms with Crippen LogP contribution in [0.4, 0.5) is 0 Å². The maximum Gasteiger partial charge on any atom is 0.143 e. The van der Waals surface area contributed by atoms with Crippen LogP contribution >= 0.6 is 27.5 Å². The van der Waals surface area contributed by atoms with Crippen molar-refractivity contribution in [3.8, 4) is 0 Å². The molecule has 0 saturated heterocycles. The Kier molecular flexibility index (Phi) is 2.42. The Morgan fingerprint density at radius 2 is 2.17 bits per heavy atom. The molecule has 1 aromatic rings. The molecule has 0 fully saturated rings. The van der Waals surface area contributed by atoms with Gasteiger partial charge in [-0.2, -0.15) is 0 Å². The van der Waals surface area contributed by atoms with Crippen LogP contribution < -0.4 is 0 Å². The molecular weight excluding hydrogens is 239 g/mol. The van der Waals surface area contributed by atoms with Crippen molar-refractivity contribution in [1.29, 1.82) is 0 Å². The van der Waals surface area contributed by atoms with Gasteiger partial charge in [-0.25, -0.2) is 4.98 Å². The molecule has 1 aromatic heterocycles. The Hall–Kier alpha value is -0.0200. The zero-order valence-electron chi connectivity index (χ0n) is 6.69. The molecule has 0 atom stereocenters. The largest absolute Gasteiger partial charge is 0.318 e. The van der Waals surface area contributed by atoms with E-state index in [0.29, 0.717) is 0 Å². The van der Waals surface area contributed by atoms with Crippen LogP contribution in [0.2, 0.25) is 5.15 Å². The lowest BCUT2D eigenvalue weighted by atomic mass is 10.2. The number of imidazole rings is 1. The van der Waals surface area contributed by atoms with E-state index in [-0.39, 0.29) is 0 Å². The van der Waals surface area contributed by atoms with Crippen molar-refractivity contribution in [3.05, 3.63) is 15.6 Å². The van der Waals surface area contributed by atoms with E-state index in [1.807, 2.05) is 0 Å². The summed E-state index contributed by atoms with van der Waals surface area (Å²) in [5, 5.41) is 0.756. The molecule has 0 saturated carbocycles. The van der Waals surface area contributed by atoms with Gasteiger partial charge in [-0.15, -0.1) is 0 Å². The minimum absolute atomic E-state index is 0.756. The number of fused-ring (bicyclic) bond motifs is 1. The molecule has 12 heavy (non-hydrogen) atoms. The molecule has 2 nitrogen and oxygen atoms in total. The summed E-state index contributed by atoms with van der Waals surface area (Å²) in [7, 11) is 0. The molecule has 0 amide bonds. The third kappa shape index (κ3) is 1.40. The van der Waals surface area contributed by atoms with Crippen LogP contribution in [0.1, 0.15) is 25.1 Å². The van der Waals surface area contributed by atoms with E-state index in [9.17, 15) is 0 Å². The standard InChI is InChI=1S/C8H10BrClN2/c9-7-8(10)12-5-3-1-2-4-6(12)11-7/h1-5H2. The number of rotatable bonds is 0. The Morgan fingerprint density at radius 1 is 1.33 bits per heavy atom. The maximum absolute atomic E-state index is 6.05. The Bertz CT molecular complexity index is 295. The fourth-order valence-corrected chi connectivity index (χ4v) is 2.24. The average Bonchev–Trinajstić information content (AvgIpc) is 2.30. The summed E-state index contributed by atoms with van der Waals surface area (Å²) in [6, 6.07) is 0. The van der Waals surface area contributed by atoms with Gasteiger partial charge < -0.3 is 4.57 Å². The molecular formula is C8H10BrClN2. The first-order valence-corrected chi connectivity index (χ1v) is 5.36. The molecule has 0 unspecified atom stereocenters. The van der Waals surface area contributed by atoms with E-state index in [4.69, 9.17) is 11.6 Å². The van der Waals surface area contributed by atoms with Crippen LogP contribution in [-0.4, -0.2) is 9.55 Å². The van der Waals surface area contributed by atoms with Gasteiger partial charge in [0.1, 0.15) is 15.6 Å². The van der Waals surface area contributed by atoms with Crippen molar-refractivity contribution >= 4 is 27.5 Å². The maximum atomic E-state index is 6.05. The predicted molar refractivity (Wildman–Crippen MR) is 52.5 cm³/mol. The van der Waals surface area contributed by atoms with E-state index in [1.54, 1.807) is 0 Å². The van der Waals surface area contributed by atoms with Gasteiger partial charge in [0.25, 0.3) is 0 Å². The first-order chi connectivity index (χ1) is 5.79. The first kappa shape index (κ1) is 8.57. The smallest absolute Gasteiger partial charge is 0.143 e. The summed E-state index contributed by atoms with van der Waals surface area (Å²) >= 11 is 9.39. The molecule has 0 bridgehead atoms. The number of halogens is 2. The SMILES string of the molecule is Clc1c(Br)nc2n1CCCCC2. The van der Waals surface area contributed by atoms with E-state index < -0.39 is 0 Å². The van der Waals surface area contributed by atoms with Gasteiger partial charge in [0.15, 0.2) is 0 Å². The van der Waals surface area contributed by atoms with Gasteiger partial charge in [0, 0.05) is 13.0 Å². The summed E-state index contributed by atoms with van der Waals surface area (Å²) in [6.07, 6.45) is 4.80. The zero-order valence-corrected chi connectivity index (χ0v) is 9.03. The Morgan fingerprint density at radius 3 is 3.00 bits per heavy atom. The highest BCUT2D eigenvalue weighted by molar-refractivity contribution is 9.10. The highest BCUT2D eigenvalue weighted by Gasteiger charge is 2.15. The van der Waals surface area contributed by atoms with Crippen LogP contribution in [0.3, 0.4) is 0 Å². The monoisotopic (exact) mass is 248 g/mol.